The smallest absolute Gasteiger partial charge is 0.122 e. The molecule has 0 radical (unpaired) electrons. The summed E-state index contributed by atoms with van der Waals surface area (Å²) >= 11 is 0. The van der Waals surface area contributed by atoms with E-state index in [9.17, 15) is 5.11 Å². The molecule has 2 heterocycles. The molecule has 1 saturated heterocycles. The van der Waals surface area contributed by atoms with Gasteiger partial charge in [0.25, 0.3) is 0 Å². The molecule has 5 heteroatoms. The Bertz CT molecular complexity index is 575. The molecule has 0 bridgehead atoms. The number of nitrogens with zero attached hydrogens (tertiary/aromatic N) is 4. The van der Waals surface area contributed by atoms with Crippen LogP contribution in [-0.2, 0) is 13.6 Å². The number of benzene rings is 1. The Morgan fingerprint density at radius 3 is 2.41 bits per heavy atom. The van der Waals surface area contributed by atoms with Crippen molar-refractivity contribution in [3.05, 3.63) is 54.1 Å². The van der Waals surface area contributed by atoms with Crippen molar-refractivity contribution in [2.45, 2.75) is 12.6 Å². The molecule has 2 aromatic rings. The summed E-state index contributed by atoms with van der Waals surface area (Å²) in [4.78, 5) is 9.15. The van der Waals surface area contributed by atoms with Crippen LogP contribution in [0.25, 0.3) is 0 Å². The molecule has 5 nitrogen and oxygen atoms in total. The van der Waals surface area contributed by atoms with Crippen molar-refractivity contribution in [3.8, 4) is 0 Å². The minimum absolute atomic E-state index is 0.401. The number of hydrogen-bond acceptors (Lipinski definition) is 4. The first-order valence-corrected chi connectivity index (χ1v) is 7.86. The molecule has 0 aliphatic carbocycles. The lowest BCUT2D eigenvalue weighted by Crippen LogP contribution is -2.47. The lowest BCUT2D eigenvalue weighted by molar-refractivity contribution is 0.0690. The number of piperazine rings is 1. The fraction of sp³-hybridized carbons (Fsp3) is 0.471. The second kappa shape index (κ2) is 7.05. The van der Waals surface area contributed by atoms with Crippen LogP contribution in [0.15, 0.2) is 42.7 Å². The van der Waals surface area contributed by atoms with Crippen molar-refractivity contribution in [2.24, 2.45) is 7.05 Å². The highest BCUT2D eigenvalue weighted by molar-refractivity contribution is 5.17. The van der Waals surface area contributed by atoms with Gasteiger partial charge in [-0.25, -0.2) is 4.98 Å². The van der Waals surface area contributed by atoms with Gasteiger partial charge in [-0.05, 0) is 5.56 Å². The van der Waals surface area contributed by atoms with Gasteiger partial charge in [-0.1, -0.05) is 30.3 Å². The average molecular weight is 300 g/mol. The van der Waals surface area contributed by atoms with Gasteiger partial charge in [0.2, 0.25) is 0 Å². The molecular weight excluding hydrogens is 276 g/mol. The van der Waals surface area contributed by atoms with Gasteiger partial charge in [0.15, 0.2) is 0 Å². The van der Waals surface area contributed by atoms with Crippen molar-refractivity contribution >= 4 is 0 Å². The van der Waals surface area contributed by atoms with E-state index in [0.717, 1.165) is 44.1 Å². The molecule has 1 aliphatic heterocycles. The zero-order valence-electron chi connectivity index (χ0n) is 13.1. The van der Waals surface area contributed by atoms with Crippen molar-refractivity contribution in [3.63, 3.8) is 0 Å². The first-order chi connectivity index (χ1) is 10.7. The molecule has 0 saturated carbocycles. The first-order valence-electron chi connectivity index (χ1n) is 7.86. The summed E-state index contributed by atoms with van der Waals surface area (Å²) in [6.07, 6.45) is 3.44. The first kappa shape index (κ1) is 15.2. The van der Waals surface area contributed by atoms with Crippen LogP contribution in [-0.4, -0.2) is 57.2 Å². The molecular formula is C17H24N4O. The molecule has 22 heavy (non-hydrogen) atoms. The third-order valence-corrected chi connectivity index (χ3v) is 4.37. The van der Waals surface area contributed by atoms with Crippen molar-refractivity contribution < 1.29 is 5.11 Å². The average Bonchev–Trinajstić information content (AvgIpc) is 2.95. The second-order valence-electron chi connectivity index (χ2n) is 5.96. The monoisotopic (exact) mass is 300 g/mol. The van der Waals surface area contributed by atoms with Gasteiger partial charge in [-0.2, -0.15) is 0 Å². The summed E-state index contributed by atoms with van der Waals surface area (Å²) in [6.45, 7) is 5.64. The van der Waals surface area contributed by atoms with E-state index in [2.05, 4.69) is 19.4 Å². The Hall–Kier alpha value is -1.69. The standard InChI is InChI=1S/C17H24N4O/c1-19-8-7-18-17(19)14-21-11-9-20(10-12-21)13-16(22)15-5-3-2-4-6-15/h2-8,16,22H,9-14H2,1H3/t16-/m1/s1. The van der Waals surface area contributed by atoms with Crippen molar-refractivity contribution in [2.75, 3.05) is 32.7 Å². The predicted octanol–water partition coefficient (Wildman–Crippen LogP) is 1.27. The maximum absolute atomic E-state index is 10.3. The summed E-state index contributed by atoms with van der Waals surface area (Å²) in [7, 11) is 2.04. The Kier molecular flexibility index (Phi) is 4.87. The van der Waals surface area contributed by atoms with E-state index in [1.165, 1.54) is 0 Å². The summed E-state index contributed by atoms with van der Waals surface area (Å²) in [5.41, 5.74) is 0.998. The SMILES string of the molecule is Cn1ccnc1CN1CCN(C[C@@H](O)c2ccccc2)CC1. The lowest BCUT2D eigenvalue weighted by atomic mass is 10.1. The maximum atomic E-state index is 10.3. The number of hydrogen-bond donors (Lipinski definition) is 1. The molecule has 0 spiro atoms. The number of rotatable bonds is 5. The molecule has 1 fully saturated rings. The van der Waals surface area contributed by atoms with Gasteiger partial charge in [0, 0.05) is 52.2 Å². The zero-order valence-corrected chi connectivity index (χ0v) is 13.1. The number of imidazole rings is 1. The van der Waals surface area contributed by atoms with Gasteiger partial charge < -0.3 is 9.67 Å². The van der Waals surface area contributed by atoms with E-state index < -0.39 is 6.10 Å². The molecule has 118 valence electrons. The highest BCUT2D eigenvalue weighted by atomic mass is 16.3. The van der Waals surface area contributed by atoms with Gasteiger partial charge in [-0.15, -0.1) is 0 Å². The zero-order chi connectivity index (χ0) is 15.4. The van der Waals surface area contributed by atoms with Crippen LogP contribution in [0.2, 0.25) is 0 Å². The van der Waals surface area contributed by atoms with Gasteiger partial charge >= 0.3 is 0 Å². The van der Waals surface area contributed by atoms with Crippen LogP contribution < -0.4 is 0 Å². The Balaban J connectivity index is 1.47. The van der Waals surface area contributed by atoms with Crippen molar-refractivity contribution in [1.82, 2.24) is 19.4 Å². The molecule has 1 aromatic heterocycles. The molecule has 1 N–H and O–H groups in total. The van der Waals surface area contributed by atoms with Crippen LogP contribution in [0.3, 0.4) is 0 Å². The third-order valence-electron chi connectivity index (χ3n) is 4.37. The third kappa shape index (κ3) is 3.74. The maximum Gasteiger partial charge on any atom is 0.122 e. The van der Waals surface area contributed by atoms with Crippen LogP contribution in [0, 0.1) is 0 Å². The minimum atomic E-state index is -0.401. The van der Waals surface area contributed by atoms with Gasteiger partial charge in [-0.3, -0.25) is 9.80 Å². The second-order valence-corrected chi connectivity index (χ2v) is 5.96. The highest BCUT2D eigenvalue weighted by Gasteiger charge is 2.20. The summed E-state index contributed by atoms with van der Waals surface area (Å²) in [5.74, 6) is 1.11. The Labute approximate surface area is 131 Å². The minimum Gasteiger partial charge on any atom is -0.387 e. The molecule has 3 rings (SSSR count). The van der Waals surface area contributed by atoms with Gasteiger partial charge in [0.1, 0.15) is 5.82 Å². The summed E-state index contributed by atoms with van der Waals surface area (Å²) in [5, 5.41) is 10.3. The Morgan fingerprint density at radius 2 is 1.77 bits per heavy atom. The van der Waals surface area contributed by atoms with Gasteiger partial charge in [0.05, 0.1) is 12.6 Å². The molecule has 0 unspecified atom stereocenters. The Morgan fingerprint density at radius 1 is 1.09 bits per heavy atom. The van der Waals surface area contributed by atoms with Crippen LogP contribution in [0.5, 0.6) is 0 Å². The number of aliphatic hydroxyl groups is 1. The van der Waals surface area contributed by atoms with E-state index in [1.807, 2.05) is 49.8 Å². The quantitative estimate of drug-likeness (QED) is 0.903. The van der Waals surface area contributed by atoms with E-state index in [4.69, 9.17) is 0 Å². The topological polar surface area (TPSA) is 44.5 Å². The summed E-state index contributed by atoms with van der Waals surface area (Å²) < 4.78 is 2.07. The number of aliphatic hydroxyl groups excluding tert-OH is 1. The number of aryl methyl sites for hydroxylation is 1. The number of β-amino-alcohol motifs (C(OH)–C–C–N with tert-alkyl or cyclic N) is 1. The molecule has 0 amide bonds. The number of aromatic nitrogens is 2. The van der Waals surface area contributed by atoms with Crippen molar-refractivity contribution in [1.29, 1.82) is 0 Å². The fourth-order valence-electron chi connectivity index (χ4n) is 2.90. The normalized spacial score (nSPS) is 18.5. The van der Waals surface area contributed by atoms with Crippen LogP contribution in [0.4, 0.5) is 0 Å². The van der Waals surface area contributed by atoms with Crippen LogP contribution in [0.1, 0.15) is 17.5 Å². The van der Waals surface area contributed by atoms with Crippen LogP contribution >= 0.6 is 0 Å². The fourth-order valence-corrected chi connectivity index (χ4v) is 2.90. The molecule has 1 aromatic carbocycles. The predicted molar refractivity (Wildman–Crippen MR) is 86.3 cm³/mol. The largest absolute Gasteiger partial charge is 0.387 e. The molecule has 1 atom stereocenters. The summed E-state index contributed by atoms with van der Waals surface area (Å²) in [6, 6.07) is 9.91. The highest BCUT2D eigenvalue weighted by Crippen LogP contribution is 2.15. The van der Waals surface area contributed by atoms with E-state index in [-0.39, 0.29) is 0 Å². The van der Waals surface area contributed by atoms with E-state index in [0.29, 0.717) is 6.54 Å². The molecule has 1 aliphatic rings. The van der Waals surface area contributed by atoms with E-state index in [1.54, 1.807) is 0 Å². The van der Waals surface area contributed by atoms with E-state index >= 15 is 0 Å². The lowest BCUT2D eigenvalue weighted by Gasteiger charge is -2.35.